The Labute approximate surface area is 120 Å². The number of sulfonamides is 1. The molecule has 0 heterocycles. The molecule has 1 aromatic carbocycles. The Morgan fingerprint density at radius 2 is 1.95 bits per heavy atom. The van der Waals surface area contributed by atoms with Crippen LogP contribution in [0.15, 0.2) is 23.1 Å². The van der Waals surface area contributed by atoms with Gasteiger partial charge in [0.25, 0.3) is 5.91 Å². The molecule has 6 nitrogen and oxygen atoms in total. The van der Waals surface area contributed by atoms with E-state index in [0.717, 1.165) is 0 Å². The third-order valence-corrected chi connectivity index (χ3v) is 4.42. The van der Waals surface area contributed by atoms with Crippen molar-refractivity contribution in [3.8, 4) is 0 Å². The molecule has 112 valence electrons. The van der Waals surface area contributed by atoms with E-state index < -0.39 is 10.0 Å². The van der Waals surface area contributed by atoms with Crippen molar-refractivity contribution in [1.29, 1.82) is 0 Å². The Morgan fingerprint density at radius 1 is 1.30 bits per heavy atom. The normalized spacial score (nSPS) is 11.7. The van der Waals surface area contributed by atoms with E-state index in [4.69, 9.17) is 0 Å². The van der Waals surface area contributed by atoms with Gasteiger partial charge in [0.2, 0.25) is 10.0 Å². The highest BCUT2D eigenvalue weighted by Gasteiger charge is 2.18. The molecule has 0 bridgehead atoms. The van der Waals surface area contributed by atoms with Gasteiger partial charge >= 0.3 is 0 Å². The lowest BCUT2D eigenvalue weighted by Gasteiger charge is -2.13. The molecule has 0 atom stereocenters. The fourth-order valence-corrected chi connectivity index (χ4v) is 2.95. The Hall–Kier alpha value is -1.44. The van der Waals surface area contributed by atoms with E-state index in [2.05, 4.69) is 10.0 Å². The van der Waals surface area contributed by atoms with Crippen LogP contribution in [0, 0.1) is 6.92 Å². The third-order valence-electron chi connectivity index (χ3n) is 2.82. The molecule has 0 spiro atoms. The summed E-state index contributed by atoms with van der Waals surface area (Å²) in [5.41, 5.74) is 0.932. The smallest absolute Gasteiger partial charge is 0.251 e. The lowest BCUT2D eigenvalue weighted by Crippen LogP contribution is -2.32. The highest BCUT2D eigenvalue weighted by Crippen LogP contribution is 2.16. The van der Waals surface area contributed by atoms with Crippen LogP contribution in [0.25, 0.3) is 0 Å². The van der Waals surface area contributed by atoms with Crippen molar-refractivity contribution in [2.75, 3.05) is 34.2 Å². The molecule has 20 heavy (non-hydrogen) atoms. The Morgan fingerprint density at radius 3 is 2.50 bits per heavy atom. The van der Waals surface area contributed by atoms with Crippen LogP contribution >= 0.6 is 0 Å². The van der Waals surface area contributed by atoms with Crippen molar-refractivity contribution in [2.24, 2.45) is 0 Å². The topological polar surface area (TPSA) is 78.5 Å². The first-order valence-electron chi connectivity index (χ1n) is 6.25. The zero-order chi connectivity index (χ0) is 15.3. The van der Waals surface area contributed by atoms with Crippen molar-refractivity contribution < 1.29 is 13.2 Å². The minimum Gasteiger partial charge on any atom is -0.355 e. The Kier molecular flexibility index (Phi) is 5.67. The van der Waals surface area contributed by atoms with Crippen LogP contribution in [0.1, 0.15) is 15.9 Å². The molecule has 0 saturated heterocycles. The maximum atomic E-state index is 12.2. The first-order valence-corrected chi connectivity index (χ1v) is 7.73. The average molecular weight is 299 g/mol. The number of carbonyl (C=O) groups excluding carboxylic acids is 1. The largest absolute Gasteiger partial charge is 0.355 e. The van der Waals surface area contributed by atoms with E-state index in [0.29, 0.717) is 24.2 Å². The highest BCUT2D eigenvalue weighted by molar-refractivity contribution is 7.89. The molecule has 0 fully saturated rings. The molecule has 2 N–H and O–H groups in total. The predicted molar refractivity (Wildman–Crippen MR) is 78.3 cm³/mol. The molecule has 7 heteroatoms. The van der Waals surface area contributed by atoms with Crippen LogP contribution in [-0.4, -0.2) is 53.5 Å². The second kappa shape index (κ2) is 6.83. The second-order valence-electron chi connectivity index (χ2n) is 4.76. The van der Waals surface area contributed by atoms with Crippen LogP contribution in [0.4, 0.5) is 0 Å². The SMILES string of the molecule is CNC(=O)c1ccc(C)c(S(=O)(=O)NCCN(C)C)c1. The number of hydrogen-bond acceptors (Lipinski definition) is 4. The van der Waals surface area contributed by atoms with E-state index in [9.17, 15) is 13.2 Å². The summed E-state index contributed by atoms with van der Waals surface area (Å²) in [5, 5.41) is 2.48. The molecule has 0 aliphatic heterocycles. The standard InChI is InChI=1S/C13H21N3O3S/c1-10-5-6-11(13(17)14-2)9-12(10)20(18,19)15-7-8-16(3)4/h5-6,9,15H,7-8H2,1-4H3,(H,14,17). The molecule has 1 rings (SSSR count). The number of nitrogens with one attached hydrogen (secondary N) is 2. The first-order chi connectivity index (χ1) is 9.27. The fraction of sp³-hybridized carbons (Fsp3) is 0.462. The first kappa shape index (κ1) is 16.6. The molecule has 1 amide bonds. The number of aryl methyl sites for hydroxylation is 1. The van der Waals surface area contributed by atoms with Gasteiger partial charge in [0, 0.05) is 25.7 Å². The minimum atomic E-state index is -3.61. The van der Waals surface area contributed by atoms with Gasteiger partial charge in [-0.05, 0) is 38.7 Å². The number of amides is 1. The monoisotopic (exact) mass is 299 g/mol. The van der Waals surface area contributed by atoms with Crippen molar-refractivity contribution in [1.82, 2.24) is 14.9 Å². The minimum absolute atomic E-state index is 0.136. The van der Waals surface area contributed by atoms with Gasteiger partial charge in [-0.2, -0.15) is 0 Å². The van der Waals surface area contributed by atoms with Gasteiger partial charge in [-0.1, -0.05) is 6.07 Å². The summed E-state index contributed by atoms with van der Waals surface area (Å²) >= 11 is 0. The quantitative estimate of drug-likeness (QED) is 0.786. The Bertz CT molecular complexity index is 583. The number of nitrogens with zero attached hydrogens (tertiary/aromatic N) is 1. The number of benzene rings is 1. The lowest BCUT2D eigenvalue weighted by molar-refractivity contribution is 0.0963. The van der Waals surface area contributed by atoms with Crippen LogP contribution in [-0.2, 0) is 10.0 Å². The number of rotatable bonds is 6. The molecular formula is C13H21N3O3S. The summed E-state index contributed by atoms with van der Waals surface area (Å²) in [5.74, 6) is -0.310. The van der Waals surface area contributed by atoms with E-state index in [1.54, 1.807) is 19.1 Å². The zero-order valence-electron chi connectivity index (χ0n) is 12.2. The van der Waals surface area contributed by atoms with Gasteiger partial charge in [-0.15, -0.1) is 0 Å². The summed E-state index contributed by atoms with van der Waals surface area (Å²) in [6.07, 6.45) is 0. The van der Waals surface area contributed by atoms with E-state index >= 15 is 0 Å². The molecule has 0 aliphatic rings. The molecule has 0 aliphatic carbocycles. The summed E-state index contributed by atoms with van der Waals surface area (Å²) < 4.78 is 27.0. The van der Waals surface area contributed by atoms with E-state index in [1.165, 1.54) is 13.1 Å². The molecular weight excluding hydrogens is 278 g/mol. The molecule has 0 saturated carbocycles. The lowest BCUT2D eigenvalue weighted by atomic mass is 10.1. The van der Waals surface area contributed by atoms with E-state index in [1.807, 2.05) is 19.0 Å². The number of carbonyl (C=O) groups is 1. The van der Waals surface area contributed by atoms with Gasteiger partial charge in [0.05, 0.1) is 4.90 Å². The van der Waals surface area contributed by atoms with Gasteiger partial charge in [0.1, 0.15) is 0 Å². The molecule has 0 radical (unpaired) electrons. The fourth-order valence-electron chi connectivity index (χ4n) is 1.66. The van der Waals surface area contributed by atoms with Crippen LogP contribution < -0.4 is 10.0 Å². The van der Waals surface area contributed by atoms with Crippen LogP contribution in [0.3, 0.4) is 0 Å². The van der Waals surface area contributed by atoms with Gasteiger partial charge < -0.3 is 10.2 Å². The summed E-state index contributed by atoms with van der Waals surface area (Å²) in [7, 11) is 1.63. The maximum Gasteiger partial charge on any atom is 0.251 e. The maximum absolute atomic E-state index is 12.2. The summed E-state index contributed by atoms with van der Waals surface area (Å²) in [6, 6.07) is 4.63. The van der Waals surface area contributed by atoms with Crippen LogP contribution in [0.5, 0.6) is 0 Å². The number of likely N-dealkylation sites (N-methyl/N-ethyl adjacent to an activating group) is 1. The highest BCUT2D eigenvalue weighted by atomic mass is 32.2. The average Bonchev–Trinajstić information content (AvgIpc) is 2.37. The third kappa shape index (κ3) is 4.29. The van der Waals surface area contributed by atoms with Gasteiger partial charge in [0.15, 0.2) is 0 Å². The second-order valence-corrected chi connectivity index (χ2v) is 6.50. The van der Waals surface area contributed by atoms with Crippen molar-refractivity contribution in [2.45, 2.75) is 11.8 Å². The van der Waals surface area contributed by atoms with Crippen molar-refractivity contribution in [3.63, 3.8) is 0 Å². The van der Waals surface area contributed by atoms with Crippen LogP contribution in [0.2, 0.25) is 0 Å². The van der Waals surface area contributed by atoms with Gasteiger partial charge in [-0.25, -0.2) is 13.1 Å². The Balaban J connectivity index is 3.01. The van der Waals surface area contributed by atoms with Gasteiger partial charge in [-0.3, -0.25) is 4.79 Å². The zero-order valence-corrected chi connectivity index (χ0v) is 13.0. The molecule has 0 aromatic heterocycles. The molecule has 0 unspecified atom stereocenters. The summed E-state index contributed by atoms with van der Waals surface area (Å²) in [6.45, 7) is 2.63. The van der Waals surface area contributed by atoms with E-state index in [-0.39, 0.29) is 10.8 Å². The summed E-state index contributed by atoms with van der Waals surface area (Å²) in [4.78, 5) is 13.6. The predicted octanol–water partition coefficient (Wildman–Crippen LogP) is 0.195. The molecule has 1 aromatic rings. The van der Waals surface area contributed by atoms with Crippen molar-refractivity contribution >= 4 is 15.9 Å². The van der Waals surface area contributed by atoms with Crippen molar-refractivity contribution in [3.05, 3.63) is 29.3 Å². The number of hydrogen-bond donors (Lipinski definition) is 2.